The van der Waals surface area contributed by atoms with Crippen molar-refractivity contribution in [2.45, 2.75) is 12.0 Å². The minimum atomic E-state index is -0.395. The number of aromatic nitrogens is 2. The van der Waals surface area contributed by atoms with Crippen molar-refractivity contribution < 1.29 is 4.42 Å². The normalized spacial score (nSPS) is 19.9. The van der Waals surface area contributed by atoms with Crippen molar-refractivity contribution in [2.24, 2.45) is 11.8 Å². The molecule has 0 saturated heterocycles. The Hall–Kier alpha value is -6.83. The average Bonchev–Trinajstić information content (AvgIpc) is 3.89. The first kappa shape index (κ1) is 29.9. The molecule has 6 aromatic carbocycles. The minimum Gasteiger partial charge on any atom is -0.455 e. The summed E-state index contributed by atoms with van der Waals surface area (Å²) in [5.41, 5.74) is 9.70. The molecule has 3 aromatic heterocycles. The average molecular weight is 680 g/mol. The smallest absolute Gasteiger partial charge is 0.147 e. The molecule has 0 amide bonds. The largest absolute Gasteiger partial charge is 0.455 e. The quantitative estimate of drug-likeness (QED) is 0.186. The van der Waals surface area contributed by atoms with Crippen molar-refractivity contribution >= 4 is 65.6 Å². The maximum Gasteiger partial charge on any atom is 0.147 e. The Labute approximate surface area is 306 Å². The van der Waals surface area contributed by atoms with E-state index in [0.29, 0.717) is 0 Å². The maximum atomic E-state index is 11.0. The molecule has 11 rings (SSSR count). The number of benzene rings is 6. The highest BCUT2D eigenvalue weighted by Crippen LogP contribution is 2.50. The van der Waals surface area contributed by atoms with Gasteiger partial charge in [-0.05, 0) is 41.5 Å². The second-order valence-corrected chi connectivity index (χ2v) is 14.2. The van der Waals surface area contributed by atoms with Crippen LogP contribution in [0.25, 0.3) is 71.2 Å². The highest BCUT2D eigenvalue weighted by molar-refractivity contribution is 6.38. The third-order valence-electron chi connectivity index (χ3n) is 11.5. The number of fused-ring (bicyclic) bond motifs is 12. The summed E-state index contributed by atoms with van der Waals surface area (Å²) in [5.74, 6) is -0.0562. The Bertz CT molecular complexity index is 3090. The van der Waals surface area contributed by atoms with Gasteiger partial charge in [0, 0.05) is 44.6 Å². The first-order valence-corrected chi connectivity index (χ1v) is 18.3. The second-order valence-electron chi connectivity index (χ2n) is 14.2. The van der Waals surface area contributed by atoms with Crippen LogP contribution in [0.5, 0.6) is 0 Å². The number of nitrogens with zero attached hydrogens (tertiary/aromatic N) is 3. The molecule has 4 atom stereocenters. The summed E-state index contributed by atoms with van der Waals surface area (Å²) < 4.78 is 11.8. The van der Waals surface area contributed by atoms with Crippen molar-refractivity contribution in [2.75, 3.05) is 0 Å². The van der Waals surface area contributed by atoms with E-state index in [-0.39, 0.29) is 17.9 Å². The fourth-order valence-electron chi connectivity index (χ4n) is 9.26. The number of para-hydroxylation sites is 4. The van der Waals surface area contributed by atoms with Gasteiger partial charge in [0.2, 0.25) is 0 Å². The molecule has 4 heteroatoms. The third kappa shape index (κ3) is 4.28. The summed E-state index contributed by atoms with van der Waals surface area (Å²) in [5, 5.41) is 17.7. The van der Waals surface area contributed by atoms with E-state index in [1.54, 1.807) is 0 Å². The van der Waals surface area contributed by atoms with Crippen LogP contribution in [0, 0.1) is 23.2 Å². The molecule has 53 heavy (non-hydrogen) atoms. The minimum absolute atomic E-state index is 0.138. The van der Waals surface area contributed by atoms with Gasteiger partial charge >= 0.3 is 0 Å². The van der Waals surface area contributed by atoms with Crippen LogP contribution in [0.1, 0.15) is 17.5 Å². The molecule has 3 heterocycles. The lowest BCUT2D eigenvalue weighted by atomic mass is 9.75. The van der Waals surface area contributed by atoms with Gasteiger partial charge in [0.05, 0.1) is 45.4 Å². The number of furan rings is 1. The van der Waals surface area contributed by atoms with Gasteiger partial charge in [-0.25, -0.2) is 0 Å². The SMILES string of the molecule is N#CC1C=C(C2C=CC=CC2c2ccccc2)C=CC1n1c2ccccc2c2c3oc4ccccc4c3c3c(c4ccccc4n3-c3ccccc3)c21. The lowest BCUT2D eigenvalue weighted by Crippen LogP contribution is -2.21. The van der Waals surface area contributed by atoms with E-state index in [1.807, 2.05) is 6.07 Å². The van der Waals surface area contributed by atoms with Gasteiger partial charge in [0.25, 0.3) is 0 Å². The molecule has 0 bridgehead atoms. The van der Waals surface area contributed by atoms with Crippen LogP contribution < -0.4 is 0 Å². The standard InChI is InChI=1S/C49H33N3O/c50-30-33-29-32(36-20-8-7-19-35(36)31-15-3-1-4-16-31)27-28-40(33)52-42-25-13-10-22-38(42)45-48(52)44-37-21-9-12-24-41(37)51(34-17-5-2-6-18-34)47(44)46-39-23-11-14-26-43(39)53-49(45)46/h1-29,33,35-36,40H. The zero-order chi connectivity index (χ0) is 35.0. The Morgan fingerprint density at radius 1 is 0.566 bits per heavy atom. The van der Waals surface area contributed by atoms with E-state index < -0.39 is 5.92 Å². The van der Waals surface area contributed by atoms with Crippen LogP contribution in [0.2, 0.25) is 0 Å². The number of hydrogen-bond acceptors (Lipinski definition) is 2. The summed E-state index contributed by atoms with van der Waals surface area (Å²) in [6.45, 7) is 0. The number of nitriles is 1. The van der Waals surface area contributed by atoms with E-state index in [2.05, 4.69) is 185 Å². The first-order valence-electron chi connectivity index (χ1n) is 18.3. The Balaban J connectivity index is 1.24. The highest BCUT2D eigenvalue weighted by atomic mass is 16.3. The van der Waals surface area contributed by atoms with E-state index in [1.165, 1.54) is 21.9 Å². The van der Waals surface area contributed by atoms with Gasteiger partial charge < -0.3 is 13.6 Å². The predicted molar refractivity (Wildman–Crippen MR) is 217 cm³/mol. The zero-order valence-electron chi connectivity index (χ0n) is 28.8. The lowest BCUT2D eigenvalue weighted by molar-refractivity contribution is 0.545. The van der Waals surface area contributed by atoms with Gasteiger partial charge in [-0.2, -0.15) is 5.26 Å². The molecule has 2 aliphatic rings. The molecule has 2 aliphatic carbocycles. The number of allylic oxidation sites excluding steroid dienone is 8. The molecule has 250 valence electrons. The van der Waals surface area contributed by atoms with Crippen molar-refractivity contribution in [1.82, 2.24) is 9.13 Å². The first-order chi connectivity index (χ1) is 26.3. The van der Waals surface area contributed by atoms with E-state index in [9.17, 15) is 5.26 Å². The maximum absolute atomic E-state index is 11.0. The van der Waals surface area contributed by atoms with E-state index in [4.69, 9.17) is 4.42 Å². The molecule has 0 saturated carbocycles. The van der Waals surface area contributed by atoms with Gasteiger partial charge in [0.1, 0.15) is 11.2 Å². The third-order valence-corrected chi connectivity index (χ3v) is 11.5. The van der Waals surface area contributed by atoms with Crippen LogP contribution >= 0.6 is 0 Å². The predicted octanol–water partition coefficient (Wildman–Crippen LogP) is 12.5. The van der Waals surface area contributed by atoms with E-state index >= 15 is 0 Å². The van der Waals surface area contributed by atoms with Gasteiger partial charge in [-0.1, -0.05) is 146 Å². The van der Waals surface area contributed by atoms with Gasteiger partial charge in [0.15, 0.2) is 0 Å². The molecule has 0 spiro atoms. The molecular weight excluding hydrogens is 647 g/mol. The van der Waals surface area contributed by atoms with Crippen LogP contribution in [0.3, 0.4) is 0 Å². The Morgan fingerprint density at radius 2 is 1.19 bits per heavy atom. The van der Waals surface area contributed by atoms with Crippen molar-refractivity contribution in [3.63, 3.8) is 0 Å². The fraction of sp³-hybridized carbons (Fsp3) is 0.0816. The molecule has 4 unspecified atom stereocenters. The number of hydrogen-bond donors (Lipinski definition) is 0. The summed E-state index contributed by atoms with van der Waals surface area (Å²) in [6.07, 6.45) is 15.6. The lowest BCUT2D eigenvalue weighted by Gasteiger charge is -2.31. The topological polar surface area (TPSA) is 46.8 Å². The van der Waals surface area contributed by atoms with Crippen LogP contribution in [-0.2, 0) is 0 Å². The van der Waals surface area contributed by atoms with Crippen LogP contribution in [-0.4, -0.2) is 9.13 Å². The molecular formula is C49H33N3O. The Morgan fingerprint density at radius 3 is 1.96 bits per heavy atom. The van der Waals surface area contributed by atoms with E-state index in [0.717, 1.165) is 60.5 Å². The van der Waals surface area contributed by atoms with Gasteiger partial charge in [-0.15, -0.1) is 0 Å². The van der Waals surface area contributed by atoms with Crippen LogP contribution in [0.15, 0.2) is 186 Å². The fourth-order valence-corrected chi connectivity index (χ4v) is 9.26. The summed E-state index contributed by atoms with van der Waals surface area (Å²) in [6, 6.07) is 49.6. The molecule has 0 aliphatic heterocycles. The van der Waals surface area contributed by atoms with Crippen molar-refractivity contribution in [3.8, 4) is 11.8 Å². The number of rotatable bonds is 4. The Kier molecular flexibility index (Phi) is 6.53. The monoisotopic (exact) mass is 679 g/mol. The molecule has 0 fully saturated rings. The van der Waals surface area contributed by atoms with Crippen LogP contribution in [0.4, 0.5) is 0 Å². The molecule has 9 aromatic rings. The summed E-state index contributed by atoms with van der Waals surface area (Å²) >= 11 is 0. The van der Waals surface area contributed by atoms with Crippen molar-refractivity contribution in [3.05, 3.63) is 187 Å². The highest BCUT2D eigenvalue weighted by Gasteiger charge is 2.33. The van der Waals surface area contributed by atoms with Gasteiger partial charge in [-0.3, -0.25) is 0 Å². The van der Waals surface area contributed by atoms with Crippen molar-refractivity contribution in [1.29, 1.82) is 5.26 Å². The summed E-state index contributed by atoms with van der Waals surface area (Å²) in [4.78, 5) is 0. The summed E-state index contributed by atoms with van der Waals surface area (Å²) in [7, 11) is 0. The molecule has 4 nitrogen and oxygen atoms in total. The zero-order valence-corrected chi connectivity index (χ0v) is 28.8. The molecule has 0 radical (unpaired) electrons. The second kappa shape index (κ2) is 11.6. The molecule has 0 N–H and O–H groups in total.